The van der Waals surface area contributed by atoms with Crippen molar-refractivity contribution in [3.05, 3.63) is 33.0 Å². The Labute approximate surface area is 128 Å². The fourth-order valence-corrected chi connectivity index (χ4v) is 2.25. The summed E-state index contributed by atoms with van der Waals surface area (Å²) in [6, 6.07) is 3.53. The summed E-state index contributed by atoms with van der Waals surface area (Å²) in [5.41, 5.74) is 6.28. The molecule has 8 heteroatoms. The largest absolute Gasteiger partial charge is 0.490 e. The standard InChI is InChI=1S/C11H9BrCl2N4O/c1-19-9-10(15)16-4-17-11(9)18-6-3-2-5(12)7(13)8(6)14/h2-4H,1H3,(H3,15,16,17,18). The Morgan fingerprint density at radius 2 is 2.00 bits per heavy atom. The van der Waals surface area contributed by atoms with Gasteiger partial charge >= 0.3 is 0 Å². The minimum Gasteiger partial charge on any atom is -0.490 e. The summed E-state index contributed by atoms with van der Waals surface area (Å²) in [4.78, 5) is 7.90. The molecule has 0 radical (unpaired) electrons. The fourth-order valence-electron chi connectivity index (χ4n) is 1.43. The second-order valence-corrected chi connectivity index (χ2v) is 5.10. The first-order valence-corrected chi connectivity index (χ1v) is 6.64. The monoisotopic (exact) mass is 362 g/mol. The van der Waals surface area contributed by atoms with Gasteiger partial charge in [0.25, 0.3) is 0 Å². The molecule has 0 aliphatic heterocycles. The number of nitrogens with two attached hydrogens (primary N) is 1. The lowest BCUT2D eigenvalue weighted by molar-refractivity contribution is 0.415. The van der Waals surface area contributed by atoms with Gasteiger partial charge in [0.05, 0.1) is 22.8 Å². The molecule has 0 aliphatic carbocycles. The zero-order valence-electron chi connectivity index (χ0n) is 9.75. The number of nitrogens with one attached hydrogen (secondary N) is 1. The zero-order chi connectivity index (χ0) is 14.0. The van der Waals surface area contributed by atoms with Crippen molar-refractivity contribution in [2.75, 3.05) is 18.2 Å². The van der Waals surface area contributed by atoms with Gasteiger partial charge in [0, 0.05) is 4.47 Å². The van der Waals surface area contributed by atoms with Gasteiger partial charge in [0.1, 0.15) is 6.33 Å². The highest BCUT2D eigenvalue weighted by Crippen LogP contribution is 2.38. The molecule has 0 fully saturated rings. The number of hydrogen-bond donors (Lipinski definition) is 2. The zero-order valence-corrected chi connectivity index (χ0v) is 12.8. The maximum absolute atomic E-state index is 6.14. The third-order valence-electron chi connectivity index (χ3n) is 2.32. The van der Waals surface area contributed by atoms with E-state index in [1.165, 1.54) is 13.4 Å². The minimum atomic E-state index is 0.235. The number of hydrogen-bond acceptors (Lipinski definition) is 5. The van der Waals surface area contributed by atoms with E-state index in [-0.39, 0.29) is 5.82 Å². The fraction of sp³-hybridized carbons (Fsp3) is 0.0909. The van der Waals surface area contributed by atoms with Crippen LogP contribution in [0.1, 0.15) is 0 Å². The maximum Gasteiger partial charge on any atom is 0.204 e. The number of rotatable bonds is 3. The first kappa shape index (κ1) is 14.2. The van der Waals surface area contributed by atoms with Crippen LogP contribution in [0.2, 0.25) is 10.0 Å². The van der Waals surface area contributed by atoms with E-state index >= 15 is 0 Å². The quantitative estimate of drug-likeness (QED) is 0.809. The first-order valence-electron chi connectivity index (χ1n) is 5.09. The summed E-state index contributed by atoms with van der Waals surface area (Å²) in [7, 11) is 1.48. The van der Waals surface area contributed by atoms with Crippen LogP contribution in [0, 0.1) is 0 Å². The van der Waals surface area contributed by atoms with Crippen LogP contribution in [0.3, 0.4) is 0 Å². The number of halogens is 3. The molecule has 19 heavy (non-hydrogen) atoms. The lowest BCUT2D eigenvalue weighted by Crippen LogP contribution is -2.03. The van der Waals surface area contributed by atoms with Crippen molar-refractivity contribution in [2.24, 2.45) is 0 Å². The van der Waals surface area contributed by atoms with Crippen molar-refractivity contribution in [1.29, 1.82) is 0 Å². The molecule has 0 aliphatic rings. The Hall–Kier alpha value is -1.24. The second-order valence-electron chi connectivity index (χ2n) is 3.49. The number of aromatic nitrogens is 2. The Morgan fingerprint density at radius 3 is 2.68 bits per heavy atom. The normalized spacial score (nSPS) is 10.3. The molecule has 0 unspecified atom stereocenters. The van der Waals surface area contributed by atoms with Crippen molar-refractivity contribution in [3.63, 3.8) is 0 Å². The Morgan fingerprint density at radius 1 is 1.26 bits per heavy atom. The van der Waals surface area contributed by atoms with Crippen molar-refractivity contribution in [2.45, 2.75) is 0 Å². The molecule has 2 aromatic rings. The third kappa shape index (κ3) is 2.86. The predicted octanol–water partition coefficient (Wildman–Crippen LogP) is 3.88. The van der Waals surface area contributed by atoms with Crippen LogP contribution in [0.15, 0.2) is 22.9 Å². The Balaban J connectivity index is 2.42. The van der Waals surface area contributed by atoms with Crippen molar-refractivity contribution in [3.8, 4) is 5.75 Å². The average Bonchev–Trinajstić information content (AvgIpc) is 2.40. The predicted molar refractivity (Wildman–Crippen MR) is 80.4 cm³/mol. The smallest absolute Gasteiger partial charge is 0.204 e. The molecule has 0 saturated heterocycles. The Kier molecular flexibility index (Phi) is 4.34. The van der Waals surface area contributed by atoms with E-state index < -0.39 is 0 Å². The first-order chi connectivity index (χ1) is 9.04. The summed E-state index contributed by atoms with van der Waals surface area (Å²) in [6.45, 7) is 0. The van der Waals surface area contributed by atoms with E-state index in [0.717, 1.165) is 0 Å². The number of benzene rings is 1. The topological polar surface area (TPSA) is 73.1 Å². The van der Waals surface area contributed by atoms with Gasteiger partial charge in [-0.15, -0.1) is 0 Å². The summed E-state index contributed by atoms with van der Waals surface area (Å²) >= 11 is 15.5. The lowest BCUT2D eigenvalue weighted by Gasteiger charge is -2.13. The van der Waals surface area contributed by atoms with Gasteiger partial charge in [-0.3, -0.25) is 0 Å². The van der Waals surface area contributed by atoms with Gasteiger partial charge in [-0.25, -0.2) is 9.97 Å². The van der Waals surface area contributed by atoms with E-state index in [4.69, 9.17) is 33.7 Å². The summed E-state index contributed by atoms with van der Waals surface area (Å²) in [6.07, 6.45) is 1.33. The molecular weight excluding hydrogens is 355 g/mol. The minimum absolute atomic E-state index is 0.235. The molecule has 0 bridgehead atoms. The molecule has 5 nitrogen and oxygen atoms in total. The molecule has 1 heterocycles. The van der Waals surface area contributed by atoms with Crippen LogP contribution < -0.4 is 15.8 Å². The van der Waals surface area contributed by atoms with E-state index in [1.807, 2.05) is 0 Å². The molecule has 100 valence electrons. The van der Waals surface area contributed by atoms with Crippen molar-refractivity contribution in [1.82, 2.24) is 9.97 Å². The average molecular weight is 364 g/mol. The van der Waals surface area contributed by atoms with Gasteiger partial charge in [-0.1, -0.05) is 23.2 Å². The van der Waals surface area contributed by atoms with E-state index in [1.54, 1.807) is 12.1 Å². The second kappa shape index (κ2) is 5.81. The van der Waals surface area contributed by atoms with Gasteiger partial charge in [0.2, 0.25) is 5.75 Å². The molecule has 1 aromatic carbocycles. The molecular formula is C11H9BrCl2N4O. The highest BCUT2D eigenvalue weighted by molar-refractivity contribution is 9.10. The number of methoxy groups -OCH3 is 1. The summed E-state index contributed by atoms with van der Waals surface area (Å²) in [5, 5.41) is 3.79. The van der Waals surface area contributed by atoms with Gasteiger partial charge in [0.15, 0.2) is 11.6 Å². The van der Waals surface area contributed by atoms with Crippen molar-refractivity contribution >= 4 is 56.5 Å². The number of ether oxygens (including phenoxy) is 1. The number of nitrogen functional groups attached to an aromatic ring is 1. The summed E-state index contributed by atoms with van der Waals surface area (Å²) < 4.78 is 5.85. The number of anilines is 3. The molecule has 3 N–H and O–H groups in total. The molecule has 1 aromatic heterocycles. The van der Waals surface area contributed by atoms with E-state index in [9.17, 15) is 0 Å². The van der Waals surface area contributed by atoms with Crippen molar-refractivity contribution < 1.29 is 4.74 Å². The van der Waals surface area contributed by atoms with Gasteiger partial charge in [-0.2, -0.15) is 0 Å². The molecule has 0 spiro atoms. The number of nitrogens with zero attached hydrogens (tertiary/aromatic N) is 2. The maximum atomic E-state index is 6.14. The lowest BCUT2D eigenvalue weighted by atomic mass is 10.3. The summed E-state index contributed by atoms with van der Waals surface area (Å²) in [5.74, 6) is 0.993. The van der Waals surface area contributed by atoms with Crippen LogP contribution in [0.5, 0.6) is 5.75 Å². The Bertz CT molecular complexity index is 624. The highest BCUT2D eigenvalue weighted by atomic mass is 79.9. The van der Waals surface area contributed by atoms with Gasteiger partial charge in [-0.05, 0) is 28.1 Å². The van der Waals surface area contributed by atoms with Crippen LogP contribution in [-0.2, 0) is 0 Å². The van der Waals surface area contributed by atoms with Crippen LogP contribution in [0.4, 0.5) is 17.3 Å². The highest BCUT2D eigenvalue weighted by Gasteiger charge is 2.13. The van der Waals surface area contributed by atoms with Crippen LogP contribution in [-0.4, -0.2) is 17.1 Å². The van der Waals surface area contributed by atoms with Crippen LogP contribution >= 0.6 is 39.1 Å². The van der Waals surface area contributed by atoms with Crippen LogP contribution in [0.25, 0.3) is 0 Å². The SMILES string of the molecule is COc1c(N)ncnc1Nc1ccc(Br)c(Cl)c1Cl. The molecule has 0 saturated carbocycles. The third-order valence-corrected chi connectivity index (χ3v) is 4.09. The van der Waals surface area contributed by atoms with E-state index in [2.05, 4.69) is 31.2 Å². The van der Waals surface area contributed by atoms with Gasteiger partial charge < -0.3 is 15.8 Å². The molecule has 0 atom stereocenters. The van der Waals surface area contributed by atoms with E-state index in [0.29, 0.717) is 31.8 Å². The molecule has 2 rings (SSSR count). The molecule has 0 amide bonds.